The van der Waals surface area contributed by atoms with Gasteiger partial charge in [-0.3, -0.25) is 4.79 Å². The minimum Gasteiger partial charge on any atom is -0.385 e. The second-order valence-electron chi connectivity index (χ2n) is 6.99. The summed E-state index contributed by atoms with van der Waals surface area (Å²) >= 11 is 0. The summed E-state index contributed by atoms with van der Waals surface area (Å²) in [5.41, 5.74) is 1.91. The standard InChI is InChI=1S/C21H28N4O2/c1-27-13-5-10-22-20(26)19-15-23-21(24-16-19)25-11-8-18(9-12-25)14-17-6-3-2-4-7-17/h2-4,6-7,15-16,18H,5,8-14H2,1H3,(H,22,26). The van der Waals surface area contributed by atoms with Crippen molar-refractivity contribution in [3.63, 3.8) is 0 Å². The van der Waals surface area contributed by atoms with Crippen molar-refractivity contribution in [1.82, 2.24) is 15.3 Å². The van der Waals surface area contributed by atoms with Crippen LogP contribution in [0.25, 0.3) is 0 Å². The molecule has 0 spiro atoms. The van der Waals surface area contributed by atoms with Crippen LogP contribution in [0.1, 0.15) is 35.2 Å². The van der Waals surface area contributed by atoms with Crippen LogP contribution in [0.4, 0.5) is 5.95 Å². The van der Waals surface area contributed by atoms with Crippen LogP contribution in [0, 0.1) is 5.92 Å². The molecule has 1 aliphatic heterocycles. The Balaban J connectivity index is 1.46. The van der Waals surface area contributed by atoms with Gasteiger partial charge in [-0.1, -0.05) is 30.3 Å². The molecule has 0 unspecified atom stereocenters. The molecule has 6 heteroatoms. The van der Waals surface area contributed by atoms with Crippen LogP contribution in [0.5, 0.6) is 0 Å². The lowest BCUT2D eigenvalue weighted by Crippen LogP contribution is -2.35. The second kappa shape index (κ2) is 10.0. The molecule has 27 heavy (non-hydrogen) atoms. The molecule has 144 valence electrons. The molecule has 1 saturated heterocycles. The summed E-state index contributed by atoms with van der Waals surface area (Å²) in [7, 11) is 1.65. The predicted molar refractivity (Wildman–Crippen MR) is 106 cm³/mol. The van der Waals surface area contributed by atoms with Crippen LogP contribution in [0.15, 0.2) is 42.7 Å². The zero-order valence-electron chi connectivity index (χ0n) is 15.9. The summed E-state index contributed by atoms with van der Waals surface area (Å²) in [6.07, 6.45) is 7.44. The number of carbonyl (C=O) groups is 1. The van der Waals surface area contributed by atoms with Crippen LogP contribution in [-0.2, 0) is 11.2 Å². The van der Waals surface area contributed by atoms with Crippen molar-refractivity contribution in [3.8, 4) is 0 Å². The summed E-state index contributed by atoms with van der Waals surface area (Å²) in [5, 5.41) is 2.85. The lowest BCUT2D eigenvalue weighted by molar-refractivity contribution is 0.0948. The SMILES string of the molecule is COCCCNC(=O)c1cnc(N2CCC(Cc3ccccc3)CC2)nc1. The third-order valence-corrected chi connectivity index (χ3v) is 4.98. The van der Waals surface area contributed by atoms with Crippen LogP contribution in [0.3, 0.4) is 0 Å². The van der Waals surface area contributed by atoms with E-state index in [-0.39, 0.29) is 5.91 Å². The first kappa shape index (κ1) is 19.3. The Hall–Kier alpha value is -2.47. The number of methoxy groups -OCH3 is 1. The van der Waals surface area contributed by atoms with Gasteiger partial charge in [0.25, 0.3) is 5.91 Å². The van der Waals surface area contributed by atoms with Gasteiger partial charge in [0.2, 0.25) is 5.95 Å². The molecule has 1 aliphatic rings. The largest absolute Gasteiger partial charge is 0.385 e. The lowest BCUT2D eigenvalue weighted by Gasteiger charge is -2.32. The number of amides is 1. The molecular formula is C21H28N4O2. The Morgan fingerprint density at radius 3 is 2.56 bits per heavy atom. The molecule has 0 bridgehead atoms. The molecule has 6 nitrogen and oxygen atoms in total. The summed E-state index contributed by atoms with van der Waals surface area (Å²) < 4.78 is 4.97. The number of anilines is 1. The zero-order valence-corrected chi connectivity index (χ0v) is 15.9. The first-order valence-electron chi connectivity index (χ1n) is 9.64. The quantitative estimate of drug-likeness (QED) is 0.726. The van der Waals surface area contributed by atoms with Gasteiger partial charge in [-0.05, 0) is 37.2 Å². The molecular weight excluding hydrogens is 340 g/mol. The Morgan fingerprint density at radius 2 is 1.89 bits per heavy atom. The van der Waals surface area contributed by atoms with Crippen molar-refractivity contribution in [2.24, 2.45) is 5.92 Å². The molecule has 0 radical (unpaired) electrons. The first-order chi connectivity index (χ1) is 13.3. The first-order valence-corrected chi connectivity index (χ1v) is 9.64. The van der Waals surface area contributed by atoms with E-state index in [4.69, 9.17) is 4.74 Å². The van der Waals surface area contributed by atoms with Crippen LogP contribution >= 0.6 is 0 Å². The number of carbonyl (C=O) groups excluding carboxylic acids is 1. The van der Waals surface area contributed by atoms with Crippen LogP contribution in [-0.4, -0.2) is 49.2 Å². The molecule has 0 atom stereocenters. The Morgan fingerprint density at radius 1 is 1.19 bits per heavy atom. The molecule has 2 aromatic rings. The third kappa shape index (κ3) is 5.76. The van der Waals surface area contributed by atoms with Crippen molar-refractivity contribution < 1.29 is 9.53 Å². The summed E-state index contributed by atoms with van der Waals surface area (Å²) in [6.45, 7) is 3.14. The highest BCUT2D eigenvalue weighted by molar-refractivity contribution is 5.93. The average molecular weight is 368 g/mol. The summed E-state index contributed by atoms with van der Waals surface area (Å²) in [5.74, 6) is 1.28. The number of benzene rings is 1. The molecule has 2 heterocycles. The maximum Gasteiger partial charge on any atom is 0.254 e. The van der Waals surface area contributed by atoms with E-state index in [1.807, 2.05) is 0 Å². The van der Waals surface area contributed by atoms with E-state index in [0.717, 1.165) is 38.8 Å². The molecule has 1 amide bonds. The molecule has 1 fully saturated rings. The highest BCUT2D eigenvalue weighted by Gasteiger charge is 2.21. The van der Waals surface area contributed by atoms with E-state index in [1.54, 1.807) is 19.5 Å². The van der Waals surface area contributed by atoms with E-state index in [9.17, 15) is 4.79 Å². The van der Waals surface area contributed by atoms with Gasteiger partial charge in [-0.15, -0.1) is 0 Å². The monoisotopic (exact) mass is 368 g/mol. The van der Waals surface area contributed by atoms with E-state index in [0.29, 0.717) is 30.6 Å². The number of rotatable bonds is 8. The summed E-state index contributed by atoms with van der Waals surface area (Å²) in [6, 6.07) is 10.7. The van der Waals surface area contributed by atoms with Crippen molar-refractivity contribution >= 4 is 11.9 Å². The highest BCUT2D eigenvalue weighted by atomic mass is 16.5. The van der Waals surface area contributed by atoms with Crippen LogP contribution in [0.2, 0.25) is 0 Å². The molecule has 1 aromatic heterocycles. The van der Waals surface area contributed by atoms with E-state index in [2.05, 4.69) is 50.5 Å². The lowest BCUT2D eigenvalue weighted by atomic mass is 9.90. The molecule has 0 aliphatic carbocycles. The average Bonchev–Trinajstić information content (AvgIpc) is 2.72. The van der Waals surface area contributed by atoms with Crippen LogP contribution < -0.4 is 10.2 Å². The molecule has 3 rings (SSSR count). The maximum atomic E-state index is 12.1. The molecule has 1 aromatic carbocycles. The molecule has 0 saturated carbocycles. The number of piperidine rings is 1. The smallest absolute Gasteiger partial charge is 0.254 e. The fourth-order valence-electron chi connectivity index (χ4n) is 3.41. The van der Waals surface area contributed by atoms with Gasteiger partial charge >= 0.3 is 0 Å². The molecule has 1 N–H and O–H groups in total. The fraction of sp³-hybridized carbons (Fsp3) is 0.476. The Bertz CT molecular complexity index is 698. The van der Waals surface area contributed by atoms with Gasteiger partial charge in [-0.25, -0.2) is 9.97 Å². The summed E-state index contributed by atoms with van der Waals surface area (Å²) in [4.78, 5) is 23.1. The Kier molecular flexibility index (Phi) is 7.16. The van der Waals surface area contributed by atoms with E-state index < -0.39 is 0 Å². The normalized spacial score (nSPS) is 14.9. The number of aromatic nitrogens is 2. The van der Waals surface area contributed by atoms with Gasteiger partial charge in [0.05, 0.1) is 5.56 Å². The highest BCUT2D eigenvalue weighted by Crippen LogP contribution is 2.23. The van der Waals surface area contributed by atoms with Gasteiger partial charge in [0.15, 0.2) is 0 Å². The van der Waals surface area contributed by atoms with Crippen molar-refractivity contribution in [3.05, 3.63) is 53.9 Å². The maximum absolute atomic E-state index is 12.1. The van der Waals surface area contributed by atoms with Gasteiger partial charge in [0.1, 0.15) is 0 Å². The van der Waals surface area contributed by atoms with Gasteiger partial charge in [-0.2, -0.15) is 0 Å². The van der Waals surface area contributed by atoms with E-state index in [1.165, 1.54) is 5.56 Å². The van der Waals surface area contributed by atoms with Gasteiger partial charge < -0.3 is 15.0 Å². The number of hydrogen-bond acceptors (Lipinski definition) is 5. The number of hydrogen-bond donors (Lipinski definition) is 1. The van der Waals surface area contributed by atoms with Gasteiger partial charge in [0, 0.05) is 45.7 Å². The minimum absolute atomic E-state index is 0.140. The third-order valence-electron chi connectivity index (χ3n) is 4.98. The number of nitrogens with one attached hydrogen (secondary N) is 1. The minimum atomic E-state index is -0.140. The predicted octanol–water partition coefficient (Wildman–Crippen LogP) is 2.70. The van der Waals surface area contributed by atoms with Crippen molar-refractivity contribution in [2.45, 2.75) is 25.7 Å². The topological polar surface area (TPSA) is 67.3 Å². The zero-order chi connectivity index (χ0) is 18.9. The Labute approximate surface area is 161 Å². The number of nitrogens with zero attached hydrogens (tertiary/aromatic N) is 3. The fourth-order valence-corrected chi connectivity index (χ4v) is 3.41. The van der Waals surface area contributed by atoms with E-state index >= 15 is 0 Å². The number of ether oxygens (including phenoxy) is 1. The second-order valence-corrected chi connectivity index (χ2v) is 6.99. The van der Waals surface area contributed by atoms with Crippen molar-refractivity contribution in [2.75, 3.05) is 38.3 Å². The van der Waals surface area contributed by atoms with Crippen molar-refractivity contribution in [1.29, 1.82) is 0 Å².